The Morgan fingerprint density at radius 2 is 1.18 bits per heavy atom. The topological polar surface area (TPSA) is 47.8 Å². The van der Waals surface area contributed by atoms with Crippen molar-refractivity contribution in [2.24, 2.45) is 0 Å². The van der Waals surface area contributed by atoms with Gasteiger partial charge in [0.05, 0.1) is 18.3 Å². The molecule has 0 fully saturated rings. The van der Waals surface area contributed by atoms with Gasteiger partial charge < -0.3 is 9.36 Å². The van der Waals surface area contributed by atoms with E-state index < -0.39 is 5.54 Å². The molecular weight excluding hydrogens is 406 g/mol. The molecule has 33 heavy (non-hydrogen) atoms. The number of hydrogen-bond donors (Lipinski definition) is 0. The summed E-state index contributed by atoms with van der Waals surface area (Å²) in [4.78, 5) is 20.7. The van der Waals surface area contributed by atoms with Gasteiger partial charge in [-0.2, -0.15) is 0 Å². The average Bonchev–Trinajstić information content (AvgIpc) is 3.31. The summed E-state index contributed by atoms with van der Waals surface area (Å²) in [6, 6.07) is 35.2. The SMILES string of the molecule is O=CCc1ncc(-c2ccncc2)n1C(c1ccccc1)(c1ccccc1)c1ccccc1. The van der Waals surface area contributed by atoms with Crippen LogP contribution in [0.1, 0.15) is 22.5 Å². The number of imidazole rings is 1. The minimum absolute atomic E-state index is 0.208. The van der Waals surface area contributed by atoms with Crippen LogP contribution in [0.2, 0.25) is 0 Å². The van der Waals surface area contributed by atoms with Crippen molar-refractivity contribution in [3.05, 3.63) is 144 Å². The number of aromatic nitrogens is 3. The molecule has 0 aliphatic heterocycles. The first-order valence-electron chi connectivity index (χ1n) is 10.9. The molecule has 0 bridgehead atoms. The highest BCUT2D eigenvalue weighted by Crippen LogP contribution is 2.44. The van der Waals surface area contributed by atoms with E-state index in [2.05, 4.69) is 82.3 Å². The van der Waals surface area contributed by atoms with E-state index in [1.165, 1.54) is 0 Å². The summed E-state index contributed by atoms with van der Waals surface area (Å²) < 4.78 is 2.22. The van der Waals surface area contributed by atoms with Gasteiger partial charge in [-0.05, 0) is 28.8 Å². The van der Waals surface area contributed by atoms with E-state index in [1.54, 1.807) is 12.4 Å². The third kappa shape index (κ3) is 3.56. The van der Waals surface area contributed by atoms with Gasteiger partial charge in [-0.1, -0.05) is 91.0 Å². The van der Waals surface area contributed by atoms with Crippen LogP contribution in [0.4, 0.5) is 0 Å². The summed E-state index contributed by atoms with van der Waals surface area (Å²) in [5, 5.41) is 0. The number of carbonyl (C=O) groups is 1. The molecule has 0 aliphatic carbocycles. The third-order valence-electron chi connectivity index (χ3n) is 5.99. The zero-order valence-corrected chi connectivity index (χ0v) is 18.1. The van der Waals surface area contributed by atoms with Gasteiger partial charge in [0, 0.05) is 18.0 Å². The predicted molar refractivity (Wildman–Crippen MR) is 130 cm³/mol. The van der Waals surface area contributed by atoms with Crippen molar-refractivity contribution in [3.8, 4) is 11.3 Å². The molecule has 0 atom stereocenters. The largest absolute Gasteiger partial charge is 0.309 e. The molecule has 0 amide bonds. The average molecular weight is 430 g/mol. The molecule has 0 saturated heterocycles. The maximum absolute atomic E-state index is 11.7. The number of aldehydes is 1. The van der Waals surface area contributed by atoms with E-state index in [1.807, 2.05) is 36.5 Å². The van der Waals surface area contributed by atoms with Gasteiger partial charge in [0.25, 0.3) is 0 Å². The summed E-state index contributed by atoms with van der Waals surface area (Å²) in [5.41, 5.74) is 4.43. The fraction of sp³-hybridized carbons (Fsp3) is 0.0690. The van der Waals surface area contributed by atoms with Gasteiger partial charge in [-0.25, -0.2) is 4.98 Å². The quantitative estimate of drug-likeness (QED) is 0.253. The fourth-order valence-corrected chi connectivity index (χ4v) is 4.63. The second kappa shape index (κ2) is 9.05. The molecule has 3 aromatic carbocycles. The molecular formula is C29H23N3O. The van der Waals surface area contributed by atoms with E-state index in [0.29, 0.717) is 5.82 Å². The Morgan fingerprint density at radius 3 is 1.64 bits per heavy atom. The highest BCUT2D eigenvalue weighted by molar-refractivity contribution is 5.65. The molecule has 0 saturated carbocycles. The van der Waals surface area contributed by atoms with Gasteiger partial charge in [-0.15, -0.1) is 0 Å². The van der Waals surface area contributed by atoms with E-state index >= 15 is 0 Å². The minimum atomic E-state index is -0.739. The number of benzene rings is 3. The Morgan fingerprint density at radius 1 is 0.697 bits per heavy atom. The van der Waals surface area contributed by atoms with Crippen LogP contribution in [-0.4, -0.2) is 20.8 Å². The zero-order chi connectivity index (χ0) is 22.5. The first-order valence-corrected chi connectivity index (χ1v) is 10.9. The number of rotatable bonds is 7. The highest BCUT2D eigenvalue weighted by atomic mass is 16.1. The van der Waals surface area contributed by atoms with Crippen LogP contribution < -0.4 is 0 Å². The Bertz CT molecular complexity index is 1230. The fourth-order valence-electron chi connectivity index (χ4n) is 4.63. The van der Waals surface area contributed by atoms with Crippen LogP contribution in [0, 0.1) is 0 Å². The molecule has 160 valence electrons. The lowest BCUT2D eigenvalue weighted by atomic mass is 9.76. The van der Waals surface area contributed by atoms with E-state index in [4.69, 9.17) is 4.98 Å². The van der Waals surface area contributed by atoms with E-state index in [9.17, 15) is 4.79 Å². The lowest BCUT2D eigenvalue weighted by Crippen LogP contribution is -2.39. The van der Waals surface area contributed by atoms with Crippen molar-refractivity contribution in [1.29, 1.82) is 0 Å². The molecule has 2 aromatic heterocycles. The highest BCUT2D eigenvalue weighted by Gasteiger charge is 2.41. The molecule has 0 aliphatic rings. The molecule has 2 heterocycles. The van der Waals surface area contributed by atoms with Crippen molar-refractivity contribution < 1.29 is 4.79 Å². The second-order valence-corrected chi connectivity index (χ2v) is 7.81. The maximum Gasteiger partial charge on any atom is 0.127 e. The number of nitrogens with zero attached hydrogens (tertiary/aromatic N) is 3. The standard InChI is InChI=1S/C29H23N3O/c33-21-18-28-31-22-27(23-16-19-30-20-17-23)32(28)29(24-10-4-1-5-11-24,25-12-6-2-7-13-25)26-14-8-3-9-15-26/h1-17,19-22H,18H2. The molecule has 0 unspecified atom stereocenters. The predicted octanol–water partition coefficient (Wildman–Crippen LogP) is 5.53. The van der Waals surface area contributed by atoms with Crippen molar-refractivity contribution in [3.63, 3.8) is 0 Å². The van der Waals surface area contributed by atoms with Crippen LogP contribution in [0.3, 0.4) is 0 Å². The normalized spacial score (nSPS) is 11.3. The summed E-state index contributed by atoms with van der Waals surface area (Å²) >= 11 is 0. The Hall–Kier alpha value is -4.31. The van der Waals surface area contributed by atoms with Gasteiger partial charge >= 0.3 is 0 Å². The van der Waals surface area contributed by atoms with Crippen LogP contribution in [0.25, 0.3) is 11.3 Å². The Kier molecular flexibility index (Phi) is 5.64. The number of hydrogen-bond acceptors (Lipinski definition) is 3. The van der Waals surface area contributed by atoms with Gasteiger partial charge in [0.15, 0.2) is 0 Å². The summed E-state index contributed by atoms with van der Waals surface area (Å²) in [6.07, 6.45) is 6.54. The third-order valence-corrected chi connectivity index (χ3v) is 5.99. The Labute approximate surface area is 193 Å². The van der Waals surface area contributed by atoms with Gasteiger partial charge in [0.2, 0.25) is 0 Å². The monoisotopic (exact) mass is 429 g/mol. The van der Waals surface area contributed by atoms with Gasteiger partial charge in [-0.3, -0.25) is 4.98 Å². The summed E-state index contributed by atoms with van der Waals surface area (Å²) in [5.74, 6) is 0.702. The van der Waals surface area contributed by atoms with Crippen LogP contribution in [0.5, 0.6) is 0 Å². The summed E-state index contributed by atoms with van der Waals surface area (Å²) in [6.45, 7) is 0. The van der Waals surface area contributed by atoms with Crippen molar-refractivity contribution in [1.82, 2.24) is 14.5 Å². The first kappa shape index (κ1) is 20.6. The van der Waals surface area contributed by atoms with Crippen LogP contribution in [-0.2, 0) is 16.8 Å². The molecule has 0 radical (unpaired) electrons. The smallest absolute Gasteiger partial charge is 0.127 e. The van der Waals surface area contributed by atoms with Crippen molar-refractivity contribution in [2.45, 2.75) is 12.0 Å². The van der Waals surface area contributed by atoms with Crippen LogP contribution in [0.15, 0.2) is 122 Å². The molecule has 0 N–H and O–H groups in total. The van der Waals surface area contributed by atoms with E-state index in [-0.39, 0.29) is 6.42 Å². The van der Waals surface area contributed by atoms with Crippen LogP contribution >= 0.6 is 0 Å². The molecule has 4 nitrogen and oxygen atoms in total. The lowest BCUT2D eigenvalue weighted by Gasteiger charge is -2.39. The maximum atomic E-state index is 11.7. The van der Waals surface area contributed by atoms with Gasteiger partial charge in [0.1, 0.15) is 17.6 Å². The minimum Gasteiger partial charge on any atom is -0.309 e. The number of carbonyl (C=O) groups excluding carboxylic acids is 1. The van der Waals surface area contributed by atoms with Crippen molar-refractivity contribution >= 4 is 6.29 Å². The molecule has 5 aromatic rings. The second-order valence-electron chi connectivity index (χ2n) is 7.81. The number of pyridine rings is 1. The summed E-state index contributed by atoms with van der Waals surface area (Å²) in [7, 11) is 0. The molecule has 0 spiro atoms. The molecule has 5 rings (SSSR count). The van der Waals surface area contributed by atoms with E-state index in [0.717, 1.165) is 34.2 Å². The lowest BCUT2D eigenvalue weighted by molar-refractivity contribution is -0.107. The van der Waals surface area contributed by atoms with Crippen molar-refractivity contribution in [2.75, 3.05) is 0 Å². The Balaban J connectivity index is 1.97. The molecule has 4 heteroatoms. The first-order chi connectivity index (χ1) is 16.4. The zero-order valence-electron chi connectivity index (χ0n) is 18.1.